The van der Waals surface area contributed by atoms with Crippen LogP contribution in [0.4, 0.5) is 5.69 Å². The summed E-state index contributed by atoms with van der Waals surface area (Å²) in [6.07, 6.45) is 6.63. The van der Waals surface area contributed by atoms with E-state index in [2.05, 4.69) is 40.2 Å². The number of fused-ring (bicyclic) bond motifs is 1. The van der Waals surface area contributed by atoms with Crippen LogP contribution in [0.25, 0.3) is 0 Å². The summed E-state index contributed by atoms with van der Waals surface area (Å²) in [4.78, 5) is 24.8. The summed E-state index contributed by atoms with van der Waals surface area (Å²) in [5.74, 6) is -0.322. The summed E-state index contributed by atoms with van der Waals surface area (Å²) in [5, 5.41) is 0. The lowest BCUT2D eigenvalue weighted by atomic mass is 9.84. The molecule has 2 unspecified atom stereocenters. The van der Waals surface area contributed by atoms with E-state index in [4.69, 9.17) is 9.73 Å². The van der Waals surface area contributed by atoms with Gasteiger partial charge in [-0.3, -0.25) is 14.8 Å². The third kappa shape index (κ3) is 3.75. The fraction of sp³-hybridized carbons (Fsp3) is 0.522. The predicted octanol–water partition coefficient (Wildman–Crippen LogP) is 3.62. The number of esters is 1. The van der Waals surface area contributed by atoms with E-state index in [0.717, 1.165) is 31.5 Å². The second-order valence-corrected chi connectivity index (χ2v) is 8.69. The number of dihydropyridines is 1. The van der Waals surface area contributed by atoms with Crippen LogP contribution in [-0.2, 0) is 16.0 Å². The largest absolute Gasteiger partial charge is 0.460 e. The van der Waals surface area contributed by atoms with Crippen molar-refractivity contribution in [2.75, 3.05) is 24.5 Å². The number of aliphatic imine (C=N–C) groups is 2. The van der Waals surface area contributed by atoms with Gasteiger partial charge in [0.05, 0.1) is 24.2 Å². The third-order valence-corrected chi connectivity index (χ3v) is 5.56. The fourth-order valence-corrected chi connectivity index (χ4v) is 4.39. The van der Waals surface area contributed by atoms with Gasteiger partial charge in [0.1, 0.15) is 5.60 Å². The smallest absolute Gasteiger partial charge is 0.312 e. The van der Waals surface area contributed by atoms with Crippen molar-refractivity contribution in [2.24, 2.45) is 15.9 Å². The number of rotatable bonds is 3. The van der Waals surface area contributed by atoms with Crippen molar-refractivity contribution in [1.29, 1.82) is 0 Å². The van der Waals surface area contributed by atoms with Crippen LogP contribution in [0.2, 0.25) is 0 Å². The molecular formula is C23H29N3O2. The van der Waals surface area contributed by atoms with Crippen molar-refractivity contribution >= 4 is 23.6 Å². The van der Waals surface area contributed by atoms with E-state index in [0.29, 0.717) is 13.1 Å². The molecule has 5 heteroatoms. The minimum Gasteiger partial charge on any atom is -0.460 e. The van der Waals surface area contributed by atoms with Crippen molar-refractivity contribution in [2.45, 2.75) is 51.7 Å². The topological polar surface area (TPSA) is 54.3 Å². The van der Waals surface area contributed by atoms with Gasteiger partial charge >= 0.3 is 5.97 Å². The molecule has 3 aliphatic rings. The molecule has 0 saturated carbocycles. The normalized spacial score (nSPS) is 24.5. The maximum atomic E-state index is 13.2. The number of ether oxygens (including phenoxy) is 1. The Morgan fingerprint density at radius 3 is 2.82 bits per heavy atom. The van der Waals surface area contributed by atoms with E-state index in [-0.39, 0.29) is 17.9 Å². The second-order valence-electron chi connectivity index (χ2n) is 8.69. The Morgan fingerprint density at radius 2 is 2.07 bits per heavy atom. The van der Waals surface area contributed by atoms with Crippen LogP contribution in [0.15, 0.2) is 45.9 Å². The average Bonchev–Trinajstić information content (AvgIpc) is 3.10. The first-order valence-electron chi connectivity index (χ1n) is 10.2. The fourth-order valence-electron chi connectivity index (χ4n) is 4.39. The highest BCUT2D eigenvalue weighted by Crippen LogP contribution is 2.36. The molecule has 3 aliphatic heterocycles. The summed E-state index contributed by atoms with van der Waals surface area (Å²) in [5.41, 5.74) is 4.33. The van der Waals surface area contributed by atoms with Crippen LogP contribution in [0.5, 0.6) is 0 Å². The van der Waals surface area contributed by atoms with Crippen LogP contribution in [-0.4, -0.2) is 49.2 Å². The maximum Gasteiger partial charge on any atom is 0.312 e. The molecule has 0 N–H and O–H groups in total. The van der Waals surface area contributed by atoms with Crippen LogP contribution in [0.3, 0.4) is 0 Å². The van der Waals surface area contributed by atoms with Gasteiger partial charge in [0, 0.05) is 31.4 Å². The molecule has 0 spiro atoms. The minimum absolute atomic E-state index is 0.0787. The Balaban J connectivity index is 1.72. The van der Waals surface area contributed by atoms with Gasteiger partial charge in [0.15, 0.2) is 0 Å². The average molecular weight is 380 g/mol. The minimum atomic E-state index is -0.490. The van der Waals surface area contributed by atoms with E-state index >= 15 is 0 Å². The standard InChI is InChI=1S/C23H29N3O2/c1-23(2,3)28-22(27)18-10-14-25-20(17-8-12-24-13-9-17)21(18)26-15-11-16-6-4-5-7-19(16)26/h4-8,13,18,21H,9-12,14-15H2,1-3H3. The van der Waals surface area contributed by atoms with Gasteiger partial charge in [0.25, 0.3) is 0 Å². The zero-order chi connectivity index (χ0) is 19.7. The molecule has 0 aliphatic carbocycles. The maximum absolute atomic E-state index is 13.2. The summed E-state index contributed by atoms with van der Waals surface area (Å²) < 4.78 is 5.82. The van der Waals surface area contributed by atoms with Gasteiger partial charge < -0.3 is 9.64 Å². The first-order valence-corrected chi connectivity index (χ1v) is 10.2. The lowest BCUT2D eigenvalue weighted by Gasteiger charge is -2.40. The number of anilines is 1. The van der Waals surface area contributed by atoms with Gasteiger partial charge in [0.2, 0.25) is 0 Å². The molecule has 0 aromatic heterocycles. The van der Waals surface area contributed by atoms with E-state index in [1.165, 1.54) is 16.8 Å². The van der Waals surface area contributed by atoms with Crippen molar-refractivity contribution in [3.63, 3.8) is 0 Å². The number of hydrogen-bond acceptors (Lipinski definition) is 5. The highest BCUT2D eigenvalue weighted by Gasteiger charge is 2.43. The summed E-state index contributed by atoms with van der Waals surface area (Å²) >= 11 is 0. The van der Waals surface area contributed by atoms with Gasteiger partial charge in [-0.05, 0) is 50.8 Å². The Morgan fingerprint density at radius 1 is 1.25 bits per heavy atom. The number of para-hydroxylation sites is 1. The molecular weight excluding hydrogens is 350 g/mol. The van der Waals surface area contributed by atoms with E-state index in [9.17, 15) is 4.79 Å². The van der Waals surface area contributed by atoms with Crippen LogP contribution in [0.1, 0.15) is 39.2 Å². The zero-order valence-electron chi connectivity index (χ0n) is 17.0. The molecule has 0 saturated heterocycles. The summed E-state index contributed by atoms with van der Waals surface area (Å²) in [7, 11) is 0. The molecule has 3 heterocycles. The van der Waals surface area contributed by atoms with Gasteiger partial charge in [-0.2, -0.15) is 0 Å². The van der Waals surface area contributed by atoms with Crippen molar-refractivity contribution < 1.29 is 9.53 Å². The molecule has 148 valence electrons. The zero-order valence-corrected chi connectivity index (χ0v) is 17.0. The molecule has 0 bridgehead atoms. The molecule has 2 atom stereocenters. The lowest BCUT2D eigenvalue weighted by Crippen LogP contribution is -2.52. The predicted molar refractivity (Wildman–Crippen MR) is 114 cm³/mol. The van der Waals surface area contributed by atoms with Gasteiger partial charge in [-0.1, -0.05) is 24.3 Å². The highest BCUT2D eigenvalue weighted by atomic mass is 16.6. The lowest BCUT2D eigenvalue weighted by molar-refractivity contribution is -0.160. The Hall–Kier alpha value is -2.43. The number of carbonyl (C=O) groups excluding carboxylic acids is 1. The molecule has 0 fully saturated rings. The SMILES string of the molecule is CC(C)(C)OC(=O)C1CCN=C(C2=CCN=CC2)C1N1CCc2ccccc21. The van der Waals surface area contributed by atoms with Crippen LogP contribution < -0.4 is 4.90 Å². The highest BCUT2D eigenvalue weighted by molar-refractivity contribution is 6.10. The van der Waals surface area contributed by atoms with E-state index in [1.54, 1.807) is 0 Å². The third-order valence-electron chi connectivity index (χ3n) is 5.56. The molecule has 28 heavy (non-hydrogen) atoms. The first kappa shape index (κ1) is 18.9. The summed E-state index contributed by atoms with van der Waals surface area (Å²) in [6.45, 7) is 8.06. The molecule has 4 rings (SSSR count). The Kier molecular flexibility index (Phi) is 5.09. The van der Waals surface area contributed by atoms with Crippen molar-refractivity contribution in [3.8, 4) is 0 Å². The Labute approximate surface area is 167 Å². The van der Waals surface area contributed by atoms with Crippen LogP contribution in [0, 0.1) is 5.92 Å². The second kappa shape index (κ2) is 7.53. The quantitative estimate of drug-likeness (QED) is 0.754. The van der Waals surface area contributed by atoms with Gasteiger partial charge in [-0.25, -0.2) is 0 Å². The van der Waals surface area contributed by atoms with Crippen LogP contribution >= 0.6 is 0 Å². The summed E-state index contributed by atoms with van der Waals surface area (Å²) in [6, 6.07) is 8.43. The van der Waals surface area contributed by atoms with Crippen molar-refractivity contribution in [3.05, 3.63) is 41.5 Å². The monoisotopic (exact) mass is 379 g/mol. The number of carbonyl (C=O) groups is 1. The first-order chi connectivity index (χ1) is 13.4. The number of hydrogen-bond donors (Lipinski definition) is 0. The van der Waals surface area contributed by atoms with Gasteiger partial charge in [-0.15, -0.1) is 0 Å². The van der Waals surface area contributed by atoms with Crippen molar-refractivity contribution in [1.82, 2.24) is 0 Å². The number of benzene rings is 1. The number of nitrogens with zero attached hydrogens (tertiary/aromatic N) is 3. The molecule has 0 radical (unpaired) electrons. The molecule has 5 nitrogen and oxygen atoms in total. The Bertz CT molecular complexity index is 848. The van der Waals surface area contributed by atoms with E-state index < -0.39 is 5.60 Å². The molecule has 1 aromatic carbocycles. The molecule has 0 amide bonds. The molecule has 1 aromatic rings. The van der Waals surface area contributed by atoms with E-state index in [1.807, 2.05) is 27.0 Å².